The molecule has 100 valence electrons. The monoisotopic (exact) mass is 258 g/mol. The van der Waals surface area contributed by atoms with Crippen LogP contribution in [0.25, 0.3) is 0 Å². The summed E-state index contributed by atoms with van der Waals surface area (Å²) < 4.78 is 0. The molecule has 0 bridgehead atoms. The zero-order valence-electron chi connectivity index (χ0n) is 11.1. The normalized spacial score (nSPS) is 23.8. The minimum absolute atomic E-state index is 0.375. The summed E-state index contributed by atoms with van der Waals surface area (Å²) in [4.78, 5) is 27.9. The Balaban J connectivity index is 1.85. The molecule has 0 aliphatic carbocycles. The first-order valence-corrected chi connectivity index (χ1v) is 6.88. The van der Waals surface area contributed by atoms with Crippen LogP contribution in [0, 0.1) is 0 Å². The maximum atomic E-state index is 12.1. The van der Waals surface area contributed by atoms with Crippen molar-refractivity contribution >= 4 is 17.4 Å². The van der Waals surface area contributed by atoms with Crippen LogP contribution in [0.1, 0.15) is 36.5 Å². The highest BCUT2D eigenvalue weighted by Gasteiger charge is 2.36. The number of carbonyl (C=O) groups excluding carboxylic acids is 2. The molecule has 2 heterocycles. The van der Waals surface area contributed by atoms with Crippen molar-refractivity contribution in [2.24, 2.45) is 0 Å². The van der Waals surface area contributed by atoms with Crippen LogP contribution in [0.4, 0.5) is 5.69 Å². The van der Waals surface area contributed by atoms with Crippen LogP contribution in [0.3, 0.4) is 0 Å². The van der Waals surface area contributed by atoms with Gasteiger partial charge in [-0.3, -0.25) is 19.4 Å². The lowest BCUT2D eigenvalue weighted by atomic mass is 10.0. The topological polar surface area (TPSA) is 40.6 Å². The zero-order chi connectivity index (χ0) is 13.4. The van der Waals surface area contributed by atoms with E-state index in [4.69, 9.17) is 0 Å². The zero-order valence-corrected chi connectivity index (χ0v) is 11.1. The number of hydrogen-bond acceptors (Lipinski definition) is 3. The maximum Gasteiger partial charge on any atom is 0.300 e. The maximum absolute atomic E-state index is 12.1. The highest BCUT2D eigenvalue weighted by molar-refractivity contribution is 6.52. The number of anilines is 1. The van der Waals surface area contributed by atoms with Gasteiger partial charge in [0.25, 0.3) is 5.78 Å². The van der Waals surface area contributed by atoms with E-state index in [1.165, 1.54) is 12.8 Å². The molecule has 2 aliphatic rings. The highest BCUT2D eigenvalue weighted by Crippen LogP contribution is 2.29. The Morgan fingerprint density at radius 3 is 2.79 bits per heavy atom. The molecule has 0 unspecified atom stereocenters. The lowest BCUT2D eigenvalue weighted by Gasteiger charge is -2.36. The summed E-state index contributed by atoms with van der Waals surface area (Å²) in [5.74, 6) is -0.765. The Morgan fingerprint density at radius 2 is 2.00 bits per heavy atom. The van der Waals surface area contributed by atoms with Crippen molar-refractivity contribution in [3.05, 3.63) is 29.8 Å². The van der Waals surface area contributed by atoms with Crippen molar-refractivity contribution in [3.8, 4) is 0 Å². The molecule has 1 aromatic carbocycles. The third-order valence-corrected chi connectivity index (χ3v) is 4.14. The van der Waals surface area contributed by atoms with Crippen LogP contribution >= 0.6 is 0 Å². The molecule has 4 nitrogen and oxygen atoms in total. The number of carbonyl (C=O) groups is 2. The van der Waals surface area contributed by atoms with Gasteiger partial charge in [-0.1, -0.05) is 18.6 Å². The molecule has 4 heteroatoms. The van der Waals surface area contributed by atoms with E-state index in [2.05, 4.69) is 11.8 Å². The Morgan fingerprint density at radius 1 is 1.21 bits per heavy atom. The van der Waals surface area contributed by atoms with Crippen molar-refractivity contribution in [1.82, 2.24) is 4.90 Å². The third-order valence-electron chi connectivity index (χ3n) is 4.14. The molecule has 19 heavy (non-hydrogen) atoms. The second kappa shape index (κ2) is 4.78. The van der Waals surface area contributed by atoms with Crippen molar-refractivity contribution in [3.63, 3.8) is 0 Å². The van der Waals surface area contributed by atoms with Crippen LogP contribution in [-0.4, -0.2) is 35.8 Å². The van der Waals surface area contributed by atoms with Gasteiger partial charge < -0.3 is 0 Å². The minimum atomic E-state index is -0.390. The smallest absolute Gasteiger partial charge is 0.291 e. The molecule has 1 aromatic rings. The summed E-state index contributed by atoms with van der Waals surface area (Å²) in [6.07, 6.45) is 3.58. The molecule has 2 aliphatic heterocycles. The number of ketones is 1. The van der Waals surface area contributed by atoms with Crippen LogP contribution in [-0.2, 0) is 4.79 Å². The van der Waals surface area contributed by atoms with Crippen molar-refractivity contribution in [1.29, 1.82) is 0 Å². The minimum Gasteiger partial charge on any atom is -0.291 e. The largest absolute Gasteiger partial charge is 0.300 e. The van der Waals surface area contributed by atoms with E-state index in [-0.39, 0.29) is 11.7 Å². The number of Topliss-reactive ketones (excluding diaryl/α,β-unsaturated/α-hetero) is 1. The predicted octanol–water partition coefficient (Wildman–Crippen LogP) is 2.05. The predicted molar refractivity (Wildman–Crippen MR) is 73.1 cm³/mol. The van der Waals surface area contributed by atoms with Gasteiger partial charge in [0.15, 0.2) is 0 Å². The Hall–Kier alpha value is -1.68. The number of amides is 1. The van der Waals surface area contributed by atoms with Gasteiger partial charge in [-0.2, -0.15) is 0 Å². The average Bonchev–Trinajstić information content (AvgIpc) is 2.67. The van der Waals surface area contributed by atoms with E-state index in [1.807, 2.05) is 12.1 Å². The van der Waals surface area contributed by atoms with E-state index in [0.29, 0.717) is 18.3 Å². The van der Waals surface area contributed by atoms with Gasteiger partial charge in [0.1, 0.15) is 0 Å². The fraction of sp³-hybridized carbons (Fsp3) is 0.467. The molecule has 0 spiro atoms. The number of para-hydroxylation sites is 1. The fourth-order valence-electron chi connectivity index (χ4n) is 2.94. The van der Waals surface area contributed by atoms with Gasteiger partial charge in [-0.05, 0) is 31.9 Å². The van der Waals surface area contributed by atoms with Crippen LogP contribution in [0.5, 0.6) is 0 Å². The Labute approximate surface area is 113 Å². The molecule has 0 N–H and O–H groups in total. The van der Waals surface area contributed by atoms with Crippen LogP contribution in [0.2, 0.25) is 0 Å². The van der Waals surface area contributed by atoms with Crippen molar-refractivity contribution in [2.45, 2.75) is 32.2 Å². The van der Waals surface area contributed by atoms with Gasteiger partial charge in [0.05, 0.1) is 17.9 Å². The van der Waals surface area contributed by atoms with Gasteiger partial charge in [-0.25, -0.2) is 0 Å². The first-order valence-electron chi connectivity index (χ1n) is 6.88. The van der Waals surface area contributed by atoms with E-state index in [0.717, 1.165) is 18.7 Å². The molecule has 0 aromatic heterocycles. The number of likely N-dealkylation sites (tertiary alicyclic amines) is 1. The second-order valence-corrected chi connectivity index (χ2v) is 5.38. The fourth-order valence-corrected chi connectivity index (χ4v) is 2.94. The first-order chi connectivity index (χ1) is 9.18. The van der Waals surface area contributed by atoms with Gasteiger partial charge in [0, 0.05) is 12.6 Å². The number of rotatable bonds is 2. The Kier molecular flexibility index (Phi) is 3.11. The summed E-state index contributed by atoms with van der Waals surface area (Å²) in [5, 5.41) is 0. The molecule has 1 amide bonds. The van der Waals surface area contributed by atoms with E-state index in [1.54, 1.807) is 17.0 Å². The summed E-state index contributed by atoms with van der Waals surface area (Å²) in [6, 6.07) is 7.74. The molecular formula is C15H18N2O2. The standard InChI is InChI=1S/C15H18N2O2/c1-11-6-4-5-9-16(11)10-17-13-8-3-2-7-12(13)14(18)15(17)19/h2-3,7-8,11H,4-6,9-10H2,1H3/t11-/m1/s1. The summed E-state index contributed by atoms with van der Waals surface area (Å²) in [5.41, 5.74) is 1.30. The molecule has 1 fully saturated rings. The third kappa shape index (κ3) is 2.06. The average molecular weight is 258 g/mol. The number of piperidine rings is 1. The van der Waals surface area contributed by atoms with E-state index in [9.17, 15) is 9.59 Å². The van der Waals surface area contributed by atoms with E-state index >= 15 is 0 Å². The summed E-state index contributed by atoms with van der Waals surface area (Å²) >= 11 is 0. The number of benzene rings is 1. The Bertz CT molecular complexity index is 527. The number of fused-ring (bicyclic) bond motifs is 1. The first kappa shape index (κ1) is 12.4. The van der Waals surface area contributed by atoms with Crippen LogP contribution in [0.15, 0.2) is 24.3 Å². The molecule has 0 radical (unpaired) electrons. The quantitative estimate of drug-likeness (QED) is 0.762. The lowest BCUT2D eigenvalue weighted by Crippen LogP contribution is -2.46. The van der Waals surface area contributed by atoms with Gasteiger partial charge >= 0.3 is 5.91 Å². The van der Waals surface area contributed by atoms with Gasteiger partial charge in [-0.15, -0.1) is 0 Å². The molecule has 1 saturated heterocycles. The number of hydrogen-bond donors (Lipinski definition) is 0. The van der Waals surface area contributed by atoms with Crippen molar-refractivity contribution in [2.75, 3.05) is 18.1 Å². The van der Waals surface area contributed by atoms with E-state index < -0.39 is 0 Å². The number of nitrogens with zero attached hydrogens (tertiary/aromatic N) is 2. The molecule has 0 saturated carbocycles. The SMILES string of the molecule is C[C@@H]1CCCCN1CN1C(=O)C(=O)c2ccccc21. The van der Waals surface area contributed by atoms with Crippen LogP contribution < -0.4 is 4.90 Å². The molecule has 1 atom stereocenters. The summed E-state index contributed by atoms with van der Waals surface area (Å²) in [6.45, 7) is 3.72. The second-order valence-electron chi connectivity index (χ2n) is 5.38. The lowest BCUT2D eigenvalue weighted by molar-refractivity contribution is -0.114. The highest BCUT2D eigenvalue weighted by atomic mass is 16.2. The molecule has 3 rings (SSSR count). The van der Waals surface area contributed by atoms with Crippen molar-refractivity contribution < 1.29 is 9.59 Å². The van der Waals surface area contributed by atoms with Gasteiger partial charge in [0.2, 0.25) is 0 Å². The summed E-state index contributed by atoms with van der Waals surface area (Å²) in [7, 11) is 0. The molecular weight excluding hydrogens is 240 g/mol.